The lowest BCUT2D eigenvalue weighted by Gasteiger charge is -2.26. The highest BCUT2D eigenvalue weighted by Gasteiger charge is 2.37. The van der Waals surface area contributed by atoms with Crippen LogP contribution < -0.4 is 15.0 Å². The third-order valence-corrected chi connectivity index (χ3v) is 4.61. The number of amides is 4. The SMILES string of the molecule is COc1ccc(-n2cccc2C=C2C(=O)NC(=O)N(c3ccc(F)cc3)C2=O)cc1. The number of anilines is 1. The van der Waals surface area contributed by atoms with Crippen molar-refractivity contribution in [2.75, 3.05) is 12.0 Å². The number of ether oxygens (including phenoxy) is 1. The number of halogens is 1. The Hall–Kier alpha value is -4.20. The van der Waals surface area contributed by atoms with Gasteiger partial charge >= 0.3 is 6.03 Å². The minimum Gasteiger partial charge on any atom is -0.497 e. The molecule has 1 fully saturated rings. The Balaban J connectivity index is 1.71. The monoisotopic (exact) mass is 405 g/mol. The van der Waals surface area contributed by atoms with Crippen LogP contribution in [-0.2, 0) is 9.59 Å². The van der Waals surface area contributed by atoms with Crippen LogP contribution in [0.25, 0.3) is 11.8 Å². The molecule has 4 rings (SSSR count). The number of carbonyl (C=O) groups is 3. The first-order chi connectivity index (χ1) is 14.5. The number of carbonyl (C=O) groups excluding carboxylic acids is 3. The zero-order chi connectivity index (χ0) is 21.3. The van der Waals surface area contributed by atoms with E-state index in [0.29, 0.717) is 11.4 Å². The number of methoxy groups -OCH3 is 1. The molecule has 7 nitrogen and oxygen atoms in total. The third-order valence-electron chi connectivity index (χ3n) is 4.61. The van der Waals surface area contributed by atoms with Crippen molar-refractivity contribution in [3.05, 3.63) is 83.9 Å². The first kappa shape index (κ1) is 19.1. The van der Waals surface area contributed by atoms with Crippen molar-refractivity contribution in [1.29, 1.82) is 0 Å². The van der Waals surface area contributed by atoms with Crippen LogP contribution in [0.5, 0.6) is 5.75 Å². The van der Waals surface area contributed by atoms with Gasteiger partial charge in [0.25, 0.3) is 11.8 Å². The summed E-state index contributed by atoms with van der Waals surface area (Å²) in [4.78, 5) is 38.3. The zero-order valence-electron chi connectivity index (χ0n) is 15.8. The van der Waals surface area contributed by atoms with Crippen LogP contribution in [-0.4, -0.2) is 29.5 Å². The molecule has 1 aliphatic rings. The summed E-state index contributed by atoms with van der Waals surface area (Å²) >= 11 is 0. The number of hydrogen-bond donors (Lipinski definition) is 1. The highest BCUT2D eigenvalue weighted by Crippen LogP contribution is 2.24. The summed E-state index contributed by atoms with van der Waals surface area (Å²) in [5.41, 5.74) is 1.30. The molecule has 150 valence electrons. The third kappa shape index (κ3) is 3.46. The average molecular weight is 405 g/mol. The van der Waals surface area contributed by atoms with Gasteiger partial charge in [0.15, 0.2) is 0 Å². The second kappa shape index (κ2) is 7.67. The summed E-state index contributed by atoms with van der Waals surface area (Å²) in [6.07, 6.45) is 3.19. The fourth-order valence-electron chi connectivity index (χ4n) is 3.12. The molecule has 1 aromatic heterocycles. The van der Waals surface area contributed by atoms with Crippen molar-refractivity contribution in [3.8, 4) is 11.4 Å². The summed E-state index contributed by atoms with van der Waals surface area (Å²) in [6, 6.07) is 14.7. The van der Waals surface area contributed by atoms with Gasteiger partial charge in [0.05, 0.1) is 12.8 Å². The lowest BCUT2D eigenvalue weighted by molar-refractivity contribution is -0.122. The van der Waals surface area contributed by atoms with Crippen molar-refractivity contribution < 1.29 is 23.5 Å². The normalized spacial score (nSPS) is 15.5. The van der Waals surface area contributed by atoms with Crippen LogP contribution in [0, 0.1) is 5.82 Å². The number of imide groups is 2. The van der Waals surface area contributed by atoms with E-state index in [4.69, 9.17) is 4.74 Å². The fourth-order valence-corrected chi connectivity index (χ4v) is 3.12. The summed E-state index contributed by atoms with van der Waals surface area (Å²) in [7, 11) is 1.57. The molecule has 8 heteroatoms. The Morgan fingerprint density at radius 3 is 2.27 bits per heavy atom. The van der Waals surface area contributed by atoms with Gasteiger partial charge in [0, 0.05) is 17.6 Å². The standard InChI is InChI=1S/C22H16FN3O4/c1-30-18-10-8-15(9-11-18)25-12-2-3-17(25)13-19-20(27)24-22(29)26(21(19)28)16-6-4-14(23)5-7-16/h2-13H,1H3,(H,24,27,29). The van der Waals surface area contributed by atoms with Crippen molar-refractivity contribution >= 4 is 29.6 Å². The predicted molar refractivity (Wildman–Crippen MR) is 108 cm³/mol. The largest absolute Gasteiger partial charge is 0.497 e. The lowest BCUT2D eigenvalue weighted by atomic mass is 10.1. The van der Waals surface area contributed by atoms with Crippen molar-refractivity contribution in [3.63, 3.8) is 0 Å². The molecule has 0 atom stereocenters. The second-order valence-corrected chi connectivity index (χ2v) is 6.44. The predicted octanol–water partition coefficient (Wildman–Crippen LogP) is 3.29. The van der Waals surface area contributed by atoms with Gasteiger partial charge < -0.3 is 9.30 Å². The summed E-state index contributed by atoms with van der Waals surface area (Å²) in [5.74, 6) is -1.41. The number of hydrogen-bond acceptors (Lipinski definition) is 4. The van der Waals surface area contributed by atoms with E-state index in [1.165, 1.54) is 18.2 Å². The van der Waals surface area contributed by atoms with Crippen LogP contribution >= 0.6 is 0 Å². The molecular formula is C22H16FN3O4. The van der Waals surface area contributed by atoms with Gasteiger partial charge in [-0.05, 0) is 66.7 Å². The van der Waals surface area contributed by atoms with E-state index >= 15 is 0 Å². The lowest BCUT2D eigenvalue weighted by Crippen LogP contribution is -2.54. The molecule has 4 amide bonds. The molecule has 0 radical (unpaired) electrons. The molecule has 0 spiro atoms. The second-order valence-electron chi connectivity index (χ2n) is 6.44. The minimum absolute atomic E-state index is 0.155. The fraction of sp³-hybridized carbons (Fsp3) is 0.0455. The zero-order valence-corrected chi connectivity index (χ0v) is 15.8. The molecule has 0 unspecified atom stereocenters. The Labute approximate surface area is 171 Å². The Kier molecular flexibility index (Phi) is 4.89. The molecule has 1 saturated heterocycles. The van der Waals surface area contributed by atoms with Gasteiger partial charge in [-0.3, -0.25) is 14.9 Å². The van der Waals surface area contributed by atoms with Crippen molar-refractivity contribution in [2.24, 2.45) is 0 Å². The Bertz CT molecular complexity index is 1160. The first-order valence-corrected chi connectivity index (χ1v) is 8.97. The Morgan fingerprint density at radius 2 is 1.60 bits per heavy atom. The van der Waals surface area contributed by atoms with E-state index in [2.05, 4.69) is 5.32 Å². The quantitative estimate of drug-likeness (QED) is 0.534. The van der Waals surface area contributed by atoms with E-state index in [1.54, 1.807) is 42.1 Å². The van der Waals surface area contributed by atoms with E-state index < -0.39 is 23.7 Å². The highest BCUT2D eigenvalue weighted by molar-refractivity contribution is 6.39. The number of barbiturate groups is 1. The first-order valence-electron chi connectivity index (χ1n) is 8.97. The number of rotatable bonds is 4. The van der Waals surface area contributed by atoms with Crippen LogP contribution in [0.4, 0.5) is 14.9 Å². The maximum absolute atomic E-state index is 13.2. The molecular weight excluding hydrogens is 389 g/mol. The molecule has 2 heterocycles. The molecule has 1 N–H and O–H groups in total. The van der Waals surface area contributed by atoms with E-state index in [-0.39, 0.29) is 11.3 Å². The smallest absolute Gasteiger partial charge is 0.335 e. The molecule has 30 heavy (non-hydrogen) atoms. The number of nitrogens with zero attached hydrogens (tertiary/aromatic N) is 2. The number of nitrogens with one attached hydrogen (secondary N) is 1. The van der Waals surface area contributed by atoms with Crippen molar-refractivity contribution in [1.82, 2.24) is 9.88 Å². The van der Waals surface area contributed by atoms with Crippen molar-refractivity contribution in [2.45, 2.75) is 0 Å². The molecule has 1 aliphatic heterocycles. The van der Waals surface area contributed by atoms with Gasteiger partial charge in [0.2, 0.25) is 0 Å². The summed E-state index contributed by atoms with van der Waals surface area (Å²) in [5, 5.41) is 2.15. The summed E-state index contributed by atoms with van der Waals surface area (Å²) in [6.45, 7) is 0. The van der Waals surface area contributed by atoms with Gasteiger partial charge in [0.1, 0.15) is 17.1 Å². The van der Waals surface area contributed by atoms with Crippen LogP contribution in [0.15, 0.2) is 72.4 Å². The molecule has 3 aromatic rings. The minimum atomic E-state index is -0.890. The number of aromatic nitrogens is 1. The van der Waals surface area contributed by atoms with E-state index in [9.17, 15) is 18.8 Å². The molecule has 0 aliphatic carbocycles. The molecule has 0 saturated carbocycles. The maximum Gasteiger partial charge on any atom is 0.335 e. The molecule has 0 bridgehead atoms. The number of benzene rings is 2. The van der Waals surface area contributed by atoms with Gasteiger partial charge in [-0.2, -0.15) is 0 Å². The van der Waals surface area contributed by atoms with Crippen LogP contribution in [0.1, 0.15) is 5.69 Å². The summed E-state index contributed by atoms with van der Waals surface area (Å²) < 4.78 is 20.2. The van der Waals surface area contributed by atoms with Crippen LogP contribution in [0.2, 0.25) is 0 Å². The number of urea groups is 1. The van der Waals surface area contributed by atoms with Gasteiger partial charge in [-0.25, -0.2) is 14.1 Å². The molecule has 2 aromatic carbocycles. The van der Waals surface area contributed by atoms with Crippen LogP contribution in [0.3, 0.4) is 0 Å². The Morgan fingerprint density at radius 1 is 0.933 bits per heavy atom. The van der Waals surface area contributed by atoms with E-state index in [0.717, 1.165) is 22.7 Å². The van der Waals surface area contributed by atoms with Gasteiger partial charge in [-0.1, -0.05) is 0 Å². The topological polar surface area (TPSA) is 80.6 Å². The van der Waals surface area contributed by atoms with E-state index in [1.807, 2.05) is 12.1 Å². The maximum atomic E-state index is 13.2. The average Bonchev–Trinajstić information content (AvgIpc) is 3.20. The van der Waals surface area contributed by atoms with Gasteiger partial charge in [-0.15, -0.1) is 0 Å². The highest BCUT2D eigenvalue weighted by atomic mass is 19.1.